The van der Waals surface area contributed by atoms with Gasteiger partial charge in [0.05, 0.1) is 11.3 Å². The summed E-state index contributed by atoms with van der Waals surface area (Å²) in [6, 6.07) is 13.2. The molecule has 2 heterocycles. The molecular weight excluding hydrogens is 529 g/mol. The number of halogens is 3. The number of nitrogens with one attached hydrogen (secondary N) is 1. The van der Waals surface area contributed by atoms with E-state index in [9.17, 15) is 32.7 Å². The second-order valence-corrected chi connectivity index (χ2v) is 9.04. The van der Waals surface area contributed by atoms with Crippen LogP contribution < -0.4 is 10.1 Å². The largest absolute Gasteiger partial charge is 0.488 e. The van der Waals surface area contributed by atoms with Crippen LogP contribution in [0.15, 0.2) is 60.7 Å². The molecule has 12 heteroatoms. The van der Waals surface area contributed by atoms with Crippen molar-refractivity contribution in [3.05, 3.63) is 100 Å². The average Bonchev–Trinajstić information content (AvgIpc) is 3.26. The fraction of sp³-hybridized carbons (Fsp3) is 0.143. The highest BCUT2D eigenvalue weighted by molar-refractivity contribution is 6.00. The Balaban J connectivity index is 1.48. The van der Waals surface area contributed by atoms with E-state index in [1.807, 2.05) is 0 Å². The number of carbonyl (C=O) groups is 3. The summed E-state index contributed by atoms with van der Waals surface area (Å²) in [6.45, 7) is -1.01. The van der Waals surface area contributed by atoms with Gasteiger partial charge in [0.1, 0.15) is 24.7 Å². The van der Waals surface area contributed by atoms with Gasteiger partial charge in [-0.15, -0.1) is 0 Å². The van der Waals surface area contributed by atoms with Crippen LogP contribution in [0.25, 0.3) is 11.3 Å². The first-order valence-electron chi connectivity index (χ1n) is 12.0. The van der Waals surface area contributed by atoms with Gasteiger partial charge in [0, 0.05) is 42.0 Å². The van der Waals surface area contributed by atoms with Gasteiger partial charge >= 0.3 is 5.97 Å². The fourth-order valence-electron chi connectivity index (χ4n) is 4.48. The summed E-state index contributed by atoms with van der Waals surface area (Å²) in [5.41, 5.74) is 1.01. The molecule has 1 aliphatic heterocycles. The molecule has 204 valence electrons. The van der Waals surface area contributed by atoms with Crippen molar-refractivity contribution < 1.29 is 37.4 Å². The maximum absolute atomic E-state index is 14.5. The van der Waals surface area contributed by atoms with Gasteiger partial charge in [0.15, 0.2) is 17.3 Å². The predicted molar refractivity (Wildman–Crippen MR) is 136 cm³/mol. The van der Waals surface area contributed by atoms with Crippen molar-refractivity contribution >= 4 is 23.5 Å². The van der Waals surface area contributed by atoms with Crippen LogP contribution in [0.4, 0.5) is 18.9 Å². The molecule has 0 aliphatic carbocycles. The number of hydrogen-bond acceptors (Lipinski definition) is 5. The Morgan fingerprint density at radius 1 is 1.02 bits per heavy atom. The molecule has 0 bridgehead atoms. The quantitative estimate of drug-likeness (QED) is 0.353. The van der Waals surface area contributed by atoms with Gasteiger partial charge in [-0.2, -0.15) is 5.10 Å². The number of carboxylic acids is 1. The van der Waals surface area contributed by atoms with Crippen LogP contribution in [-0.4, -0.2) is 44.1 Å². The van der Waals surface area contributed by atoms with Gasteiger partial charge in [-0.25, -0.2) is 18.0 Å². The first-order valence-corrected chi connectivity index (χ1v) is 12.0. The zero-order chi connectivity index (χ0) is 28.6. The molecule has 0 saturated heterocycles. The maximum atomic E-state index is 14.5. The smallest absolute Gasteiger partial charge is 0.335 e. The number of carbonyl (C=O) groups excluding carboxylic acids is 2. The third kappa shape index (κ3) is 5.10. The summed E-state index contributed by atoms with van der Waals surface area (Å²) in [7, 11) is 1.52. The van der Waals surface area contributed by atoms with Gasteiger partial charge in [-0.05, 0) is 30.3 Å². The van der Waals surface area contributed by atoms with Crippen LogP contribution in [-0.2, 0) is 25.0 Å². The van der Waals surface area contributed by atoms with E-state index >= 15 is 0 Å². The third-order valence-corrected chi connectivity index (χ3v) is 6.33. The minimum atomic E-state index is -1.18. The summed E-state index contributed by atoms with van der Waals surface area (Å²) in [4.78, 5) is 39.1. The maximum Gasteiger partial charge on any atom is 0.335 e. The zero-order valence-electron chi connectivity index (χ0n) is 21.0. The molecule has 2 amide bonds. The second kappa shape index (κ2) is 10.6. The normalized spacial score (nSPS) is 11.7. The van der Waals surface area contributed by atoms with Crippen molar-refractivity contribution in [1.82, 2.24) is 14.7 Å². The lowest BCUT2D eigenvalue weighted by Gasteiger charge is -2.23. The number of benzene rings is 3. The molecule has 1 aromatic heterocycles. The van der Waals surface area contributed by atoms with E-state index < -0.39 is 41.8 Å². The molecule has 40 heavy (non-hydrogen) atoms. The summed E-state index contributed by atoms with van der Waals surface area (Å²) < 4.78 is 49.3. The predicted octanol–water partition coefficient (Wildman–Crippen LogP) is 4.38. The van der Waals surface area contributed by atoms with E-state index in [-0.39, 0.29) is 47.0 Å². The number of aromatic carboxylic acids is 1. The number of nitrogens with zero attached hydrogens (tertiary/aromatic N) is 3. The highest BCUT2D eigenvalue weighted by atomic mass is 19.2. The molecule has 0 unspecified atom stereocenters. The van der Waals surface area contributed by atoms with Crippen molar-refractivity contribution in [3.8, 4) is 17.0 Å². The van der Waals surface area contributed by atoms with Gasteiger partial charge < -0.3 is 20.1 Å². The van der Waals surface area contributed by atoms with Crippen LogP contribution in [0.5, 0.6) is 5.75 Å². The van der Waals surface area contributed by atoms with Crippen LogP contribution in [0.3, 0.4) is 0 Å². The molecule has 0 fully saturated rings. The first-order chi connectivity index (χ1) is 19.1. The van der Waals surface area contributed by atoms with Crippen molar-refractivity contribution in [2.75, 3.05) is 11.9 Å². The van der Waals surface area contributed by atoms with Crippen LogP contribution in [0.2, 0.25) is 0 Å². The summed E-state index contributed by atoms with van der Waals surface area (Å²) in [5.74, 6) is -5.28. The third-order valence-electron chi connectivity index (χ3n) is 6.33. The number of ether oxygens (including phenoxy) is 1. The summed E-state index contributed by atoms with van der Waals surface area (Å²) in [6.07, 6.45) is 0. The number of fused-ring (bicyclic) bond motifs is 3. The number of rotatable bonds is 7. The molecule has 9 nitrogen and oxygen atoms in total. The number of hydrogen-bond donors (Lipinski definition) is 2. The van der Waals surface area contributed by atoms with Crippen molar-refractivity contribution in [2.45, 2.75) is 13.2 Å². The first kappa shape index (κ1) is 26.5. The Morgan fingerprint density at radius 3 is 2.52 bits per heavy atom. The van der Waals surface area contributed by atoms with Gasteiger partial charge in [-0.1, -0.05) is 24.3 Å². The van der Waals surface area contributed by atoms with Crippen molar-refractivity contribution in [3.63, 3.8) is 0 Å². The SMILES string of the molecule is Cn1nc(C(=O)N(CC(=O)Nc2cccc(C(=O)O)c2)Cc2ccccc2F)c2c1-c1cc(F)c(F)cc1OC2. The topological polar surface area (TPSA) is 114 Å². The Hall–Kier alpha value is -5.13. The standard InChI is InChI=1S/C28H21F3N4O5/c1-34-26-18-10-21(30)22(31)11-23(18)40-14-19(26)25(33-34)27(37)35(12-16-5-2-3-8-20(16)29)13-24(36)32-17-7-4-6-15(9-17)28(38)39/h2-11H,12-14H2,1H3,(H,32,36)(H,38,39). The monoisotopic (exact) mass is 550 g/mol. The van der Waals surface area contributed by atoms with E-state index in [0.29, 0.717) is 11.3 Å². The Labute approximate surface area is 225 Å². The second-order valence-electron chi connectivity index (χ2n) is 9.04. The molecule has 2 N–H and O–H groups in total. The number of aryl methyl sites for hydroxylation is 1. The summed E-state index contributed by atoms with van der Waals surface area (Å²) in [5, 5.41) is 16.0. The lowest BCUT2D eigenvalue weighted by Crippen LogP contribution is -2.38. The molecular formula is C28H21F3N4O5. The highest BCUT2D eigenvalue weighted by Crippen LogP contribution is 2.40. The molecule has 5 rings (SSSR count). The molecule has 0 radical (unpaired) electrons. The molecule has 1 aliphatic rings. The number of aromatic nitrogens is 2. The van der Waals surface area contributed by atoms with E-state index in [1.54, 1.807) is 6.07 Å². The minimum absolute atomic E-state index is 0.0474. The molecule has 0 saturated carbocycles. The van der Waals surface area contributed by atoms with Crippen LogP contribution in [0.1, 0.15) is 32.0 Å². The average molecular weight is 550 g/mol. The zero-order valence-corrected chi connectivity index (χ0v) is 21.0. The van der Waals surface area contributed by atoms with E-state index in [4.69, 9.17) is 4.74 Å². The number of carboxylic acid groups (broad SMARTS) is 1. The van der Waals surface area contributed by atoms with Crippen LogP contribution >= 0.6 is 0 Å². The Kier molecular flexibility index (Phi) is 6.99. The number of anilines is 1. The lowest BCUT2D eigenvalue weighted by molar-refractivity contribution is -0.117. The highest BCUT2D eigenvalue weighted by Gasteiger charge is 2.32. The van der Waals surface area contributed by atoms with Gasteiger partial charge in [0.25, 0.3) is 5.91 Å². The van der Waals surface area contributed by atoms with E-state index in [2.05, 4.69) is 10.4 Å². The Morgan fingerprint density at radius 2 is 1.77 bits per heavy atom. The molecule has 3 aromatic carbocycles. The van der Waals surface area contributed by atoms with Crippen LogP contribution in [0, 0.1) is 17.5 Å². The summed E-state index contributed by atoms with van der Waals surface area (Å²) >= 11 is 0. The fourth-order valence-corrected chi connectivity index (χ4v) is 4.48. The lowest BCUT2D eigenvalue weighted by atomic mass is 10.0. The van der Waals surface area contributed by atoms with Crippen molar-refractivity contribution in [1.29, 1.82) is 0 Å². The molecule has 4 aromatic rings. The van der Waals surface area contributed by atoms with Gasteiger partial charge in [0.2, 0.25) is 5.91 Å². The van der Waals surface area contributed by atoms with Crippen molar-refractivity contribution in [2.24, 2.45) is 7.05 Å². The molecule has 0 atom stereocenters. The minimum Gasteiger partial charge on any atom is -0.488 e. The van der Waals surface area contributed by atoms with Gasteiger partial charge in [-0.3, -0.25) is 14.3 Å². The Bertz CT molecular complexity index is 1670. The van der Waals surface area contributed by atoms with E-state index in [0.717, 1.165) is 17.0 Å². The van der Waals surface area contributed by atoms with E-state index in [1.165, 1.54) is 54.2 Å². The molecule has 0 spiro atoms. The number of amides is 2.